The second-order valence-electron chi connectivity index (χ2n) is 16.9. The maximum atomic E-state index is 13.1. The molecular formula is C36H54O33. The van der Waals surface area contributed by atoms with Gasteiger partial charge in [-0.15, -0.1) is 0 Å². The fraction of sp³-hybridized carbons (Fsp3) is 0.889. The van der Waals surface area contributed by atoms with Crippen molar-refractivity contribution in [1.82, 2.24) is 0 Å². The molecular weight excluding hydrogens is 960 g/mol. The Morgan fingerprint density at radius 2 is 0.812 bits per heavy atom. The van der Waals surface area contributed by atoms with Crippen LogP contribution in [0.15, 0.2) is 0 Å². The summed E-state index contributed by atoms with van der Waals surface area (Å²) in [6, 6.07) is 0. The molecule has 6 aliphatic rings. The molecule has 18 N–H and O–H groups in total. The third kappa shape index (κ3) is 10.7. The van der Waals surface area contributed by atoms with Crippen molar-refractivity contribution in [2.45, 2.75) is 191 Å². The standard InChI is InChI=1S/C36H54O33/c1-4-7(38)26(49)36(3-59-4,69-35-16(47)18(15(46)22(65-35)29(54)55)61-32-13(44)8(39)11(42)20(63-32)27(50)51)68-24-19(62-33-14(45)9(40)12(43)21(64-33)28(52)53)17(48)34(67-25(24)30(56)57)66-23-10(41)6(37)5(2)60-31(23)58/h4-26,31-35,37-49,58H,3H2,1-2H3,(H,50,51)(H,52,53)(H,54,55)(H,56,57). The molecule has 0 spiro atoms. The topological polar surface area (TPSA) is 534 Å². The van der Waals surface area contributed by atoms with Gasteiger partial charge in [0.25, 0.3) is 0 Å². The molecule has 33 nitrogen and oxygen atoms in total. The number of hydrogen-bond acceptors (Lipinski definition) is 29. The second kappa shape index (κ2) is 21.5. The smallest absolute Gasteiger partial charge is 0.335 e. The zero-order chi connectivity index (χ0) is 51.5. The first-order valence-electron chi connectivity index (χ1n) is 20.8. The molecule has 33 heteroatoms. The van der Waals surface area contributed by atoms with Crippen molar-refractivity contribution in [2.24, 2.45) is 0 Å². The van der Waals surface area contributed by atoms with Gasteiger partial charge in [-0.3, -0.25) is 0 Å². The number of hydrogen-bond donors (Lipinski definition) is 18. The average Bonchev–Trinajstić information content (AvgIpc) is 3.28. The Morgan fingerprint density at radius 3 is 1.32 bits per heavy atom. The van der Waals surface area contributed by atoms with Crippen LogP contribution in [0.25, 0.3) is 0 Å². The van der Waals surface area contributed by atoms with Crippen LogP contribution in [-0.4, -0.2) is 300 Å². The van der Waals surface area contributed by atoms with Crippen LogP contribution in [-0.2, 0) is 71.3 Å². The van der Waals surface area contributed by atoms with Gasteiger partial charge >= 0.3 is 23.9 Å². The van der Waals surface area contributed by atoms with Crippen LogP contribution < -0.4 is 0 Å². The van der Waals surface area contributed by atoms with E-state index in [-0.39, 0.29) is 0 Å². The van der Waals surface area contributed by atoms with Crippen LogP contribution in [0.5, 0.6) is 0 Å². The third-order valence-electron chi connectivity index (χ3n) is 12.3. The van der Waals surface area contributed by atoms with Crippen molar-refractivity contribution in [1.29, 1.82) is 0 Å². The van der Waals surface area contributed by atoms with E-state index in [9.17, 15) is 111 Å². The lowest BCUT2D eigenvalue weighted by molar-refractivity contribution is -0.446. The molecule has 6 heterocycles. The molecule has 0 amide bonds. The molecule has 6 fully saturated rings. The molecule has 69 heavy (non-hydrogen) atoms. The number of carbonyl (C=O) groups is 4. The Hall–Kier alpha value is -3.12. The van der Waals surface area contributed by atoms with Crippen molar-refractivity contribution >= 4 is 23.9 Å². The molecule has 6 saturated heterocycles. The van der Waals surface area contributed by atoms with E-state index in [0.29, 0.717) is 0 Å². The SMILES string of the molecule is CC1OC(O)C(OC2OC(C(=O)O)C(OC3(OC4OC(C(=O)O)C(O)C(OC5OC(C(=O)O)C(O)C(O)C5O)C4O)COC(C)C(O)C3O)C(OC3OC(C(=O)O)C(O)C(O)C3O)C2O)C(O)C1O. The van der Waals surface area contributed by atoms with E-state index < -0.39 is 208 Å². The summed E-state index contributed by atoms with van der Waals surface area (Å²) in [4.78, 5) is 49.3. The molecule has 6 aliphatic heterocycles. The van der Waals surface area contributed by atoms with Crippen LogP contribution in [0.2, 0.25) is 0 Å². The van der Waals surface area contributed by atoms with Gasteiger partial charge in [-0.1, -0.05) is 0 Å². The third-order valence-corrected chi connectivity index (χ3v) is 12.3. The summed E-state index contributed by atoms with van der Waals surface area (Å²) in [5, 5.41) is 192. The maximum absolute atomic E-state index is 13.1. The van der Waals surface area contributed by atoms with Crippen LogP contribution in [0.3, 0.4) is 0 Å². The van der Waals surface area contributed by atoms with Gasteiger partial charge in [-0.25, -0.2) is 19.2 Å². The quantitative estimate of drug-likeness (QED) is 0.0719. The lowest BCUT2D eigenvalue weighted by atomic mass is 9.93. The van der Waals surface area contributed by atoms with Crippen molar-refractivity contribution in [3.05, 3.63) is 0 Å². The van der Waals surface area contributed by atoms with E-state index in [0.717, 1.165) is 0 Å². The van der Waals surface area contributed by atoms with Gasteiger partial charge in [-0.05, 0) is 13.8 Å². The van der Waals surface area contributed by atoms with E-state index >= 15 is 0 Å². The Kier molecular flexibility index (Phi) is 17.2. The minimum absolute atomic E-state index is 1.17. The van der Waals surface area contributed by atoms with Crippen LogP contribution in [0, 0.1) is 0 Å². The second-order valence-corrected chi connectivity index (χ2v) is 16.9. The molecule has 29 atom stereocenters. The Morgan fingerprint density at radius 1 is 0.391 bits per heavy atom. The van der Waals surface area contributed by atoms with E-state index in [1.165, 1.54) is 13.8 Å². The highest BCUT2D eigenvalue weighted by Crippen LogP contribution is 2.41. The minimum Gasteiger partial charge on any atom is -0.479 e. The van der Waals surface area contributed by atoms with Crippen molar-refractivity contribution in [3.63, 3.8) is 0 Å². The lowest BCUT2D eigenvalue weighted by Gasteiger charge is -2.53. The summed E-state index contributed by atoms with van der Waals surface area (Å²) in [6.07, 6.45) is -65.4. The Labute approximate surface area is 385 Å². The zero-order valence-electron chi connectivity index (χ0n) is 35.5. The summed E-state index contributed by atoms with van der Waals surface area (Å²) in [7, 11) is 0. The van der Waals surface area contributed by atoms with E-state index in [2.05, 4.69) is 0 Å². The van der Waals surface area contributed by atoms with Gasteiger partial charge in [0.2, 0.25) is 5.79 Å². The molecule has 0 saturated carbocycles. The van der Waals surface area contributed by atoms with E-state index in [4.69, 9.17) is 52.1 Å². The van der Waals surface area contributed by atoms with Gasteiger partial charge in [0, 0.05) is 0 Å². The van der Waals surface area contributed by atoms with E-state index in [1.54, 1.807) is 0 Å². The predicted molar refractivity (Wildman–Crippen MR) is 199 cm³/mol. The van der Waals surface area contributed by atoms with Gasteiger partial charge < -0.3 is 144 Å². The molecule has 0 aromatic heterocycles. The number of aliphatic carboxylic acids is 4. The highest BCUT2D eigenvalue weighted by Gasteiger charge is 2.63. The minimum atomic E-state index is -3.30. The number of carboxylic acid groups (broad SMARTS) is 4. The summed E-state index contributed by atoms with van der Waals surface area (Å²) in [6.45, 7) is 1.16. The zero-order valence-corrected chi connectivity index (χ0v) is 35.5. The fourth-order valence-corrected chi connectivity index (χ4v) is 8.29. The van der Waals surface area contributed by atoms with Crippen molar-refractivity contribution in [3.8, 4) is 0 Å². The Balaban J connectivity index is 1.40. The number of carboxylic acids is 4. The largest absolute Gasteiger partial charge is 0.479 e. The van der Waals surface area contributed by atoms with Crippen LogP contribution in [0.4, 0.5) is 0 Å². The monoisotopic (exact) mass is 1010 g/mol. The van der Waals surface area contributed by atoms with Gasteiger partial charge in [0.05, 0.1) is 12.2 Å². The van der Waals surface area contributed by atoms with Crippen molar-refractivity contribution in [2.75, 3.05) is 6.61 Å². The number of rotatable bonds is 14. The molecule has 6 rings (SSSR count). The molecule has 396 valence electrons. The molecule has 0 bridgehead atoms. The lowest BCUT2D eigenvalue weighted by Crippen LogP contribution is -2.72. The number of ether oxygens (including phenoxy) is 11. The van der Waals surface area contributed by atoms with E-state index in [1.807, 2.05) is 0 Å². The molecule has 0 radical (unpaired) electrons. The molecule has 0 aliphatic carbocycles. The van der Waals surface area contributed by atoms with Gasteiger partial charge in [-0.2, -0.15) is 0 Å². The van der Waals surface area contributed by atoms with Crippen molar-refractivity contribution < 1.29 is 163 Å². The first-order chi connectivity index (χ1) is 32.1. The summed E-state index contributed by atoms with van der Waals surface area (Å²) < 4.78 is 59.9. The molecule has 29 unspecified atom stereocenters. The predicted octanol–water partition coefficient (Wildman–Crippen LogP) is -11.7. The first kappa shape index (κ1) is 55.2. The first-order valence-corrected chi connectivity index (χ1v) is 20.8. The number of aliphatic hydroxyl groups excluding tert-OH is 14. The Bertz CT molecular complexity index is 1810. The average molecular weight is 1010 g/mol. The highest BCUT2D eigenvalue weighted by atomic mass is 16.8. The summed E-state index contributed by atoms with van der Waals surface area (Å²) in [5.41, 5.74) is 0. The number of aliphatic hydroxyl groups is 14. The summed E-state index contributed by atoms with van der Waals surface area (Å²) in [5.74, 6) is -11.4. The maximum Gasteiger partial charge on any atom is 0.335 e. The van der Waals surface area contributed by atoms with Gasteiger partial charge in [0.1, 0.15) is 110 Å². The normalized spacial score (nSPS) is 51.9. The fourth-order valence-electron chi connectivity index (χ4n) is 8.29. The summed E-state index contributed by atoms with van der Waals surface area (Å²) >= 11 is 0. The molecule has 0 aromatic carbocycles. The van der Waals surface area contributed by atoms with Gasteiger partial charge in [0.15, 0.2) is 55.9 Å². The highest BCUT2D eigenvalue weighted by molar-refractivity contribution is 5.74. The molecule has 0 aromatic rings. The van der Waals surface area contributed by atoms with Crippen LogP contribution >= 0.6 is 0 Å². The van der Waals surface area contributed by atoms with Crippen LogP contribution in [0.1, 0.15) is 13.8 Å².